The average molecular weight is 287 g/mol. The van der Waals surface area contributed by atoms with Crippen LogP contribution in [0.1, 0.15) is 36.9 Å². The SMILES string of the molecule is Cc1nc2ncnn2c(N2CCOC3(CCCC3)C2)c1C. The van der Waals surface area contributed by atoms with Gasteiger partial charge in [-0.05, 0) is 26.7 Å². The zero-order valence-electron chi connectivity index (χ0n) is 12.7. The van der Waals surface area contributed by atoms with Crippen molar-refractivity contribution in [1.29, 1.82) is 0 Å². The Kier molecular flexibility index (Phi) is 2.89. The van der Waals surface area contributed by atoms with Gasteiger partial charge in [-0.2, -0.15) is 14.6 Å². The van der Waals surface area contributed by atoms with Crippen LogP contribution in [0.15, 0.2) is 6.33 Å². The molecule has 0 radical (unpaired) electrons. The molecule has 1 aliphatic heterocycles. The largest absolute Gasteiger partial charge is 0.371 e. The first-order valence-electron chi connectivity index (χ1n) is 7.74. The Labute approximate surface area is 124 Å². The van der Waals surface area contributed by atoms with Gasteiger partial charge in [-0.3, -0.25) is 0 Å². The molecule has 3 heterocycles. The molecule has 6 nitrogen and oxygen atoms in total. The quantitative estimate of drug-likeness (QED) is 0.801. The van der Waals surface area contributed by atoms with Crippen LogP contribution in [0.25, 0.3) is 5.78 Å². The molecule has 4 rings (SSSR count). The Balaban J connectivity index is 1.78. The Morgan fingerprint density at radius 1 is 1.24 bits per heavy atom. The molecule has 112 valence electrons. The number of aromatic nitrogens is 4. The second kappa shape index (κ2) is 4.66. The first-order chi connectivity index (χ1) is 10.2. The lowest BCUT2D eigenvalue weighted by atomic mass is 9.99. The van der Waals surface area contributed by atoms with Crippen molar-refractivity contribution >= 4 is 11.6 Å². The number of ether oxygens (including phenoxy) is 1. The van der Waals surface area contributed by atoms with Gasteiger partial charge in [-0.15, -0.1) is 0 Å². The molecule has 2 aliphatic rings. The van der Waals surface area contributed by atoms with Gasteiger partial charge in [0.05, 0.1) is 12.2 Å². The van der Waals surface area contributed by atoms with E-state index in [1.807, 2.05) is 11.4 Å². The molecule has 1 saturated carbocycles. The summed E-state index contributed by atoms with van der Waals surface area (Å²) < 4.78 is 8.01. The Bertz CT molecular complexity index is 674. The zero-order chi connectivity index (χ0) is 14.4. The molecule has 0 bridgehead atoms. The summed E-state index contributed by atoms with van der Waals surface area (Å²) in [5.41, 5.74) is 2.26. The lowest BCUT2D eigenvalue weighted by Gasteiger charge is -2.42. The standard InChI is InChI=1S/C15H21N5O/c1-11-12(2)18-14-16-10-17-20(14)13(11)19-7-8-21-15(9-19)5-3-4-6-15/h10H,3-9H2,1-2H3. The predicted molar refractivity (Wildman–Crippen MR) is 79.6 cm³/mol. The number of hydrogen-bond acceptors (Lipinski definition) is 5. The van der Waals surface area contributed by atoms with E-state index in [9.17, 15) is 0 Å². The summed E-state index contributed by atoms with van der Waals surface area (Å²) in [5.74, 6) is 1.81. The number of nitrogens with zero attached hydrogens (tertiary/aromatic N) is 5. The number of rotatable bonds is 1. The highest BCUT2D eigenvalue weighted by molar-refractivity contribution is 5.54. The third kappa shape index (κ3) is 2.00. The fourth-order valence-corrected chi connectivity index (χ4v) is 3.73. The lowest BCUT2D eigenvalue weighted by Crippen LogP contribution is -2.51. The van der Waals surface area contributed by atoms with E-state index in [1.54, 1.807) is 6.33 Å². The highest BCUT2D eigenvalue weighted by Gasteiger charge is 2.40. The van der Waals surface area contributed by atoms with Crippen LogP contribution in [-0.2, 0) is 4.74 Å². The smallest absolute Gasteiger partial charge is 0.254 e. The predicted octanol–water partition coefficient (Wildman–Crippen LogP) is 1.89. The minimum absolute atomic E-state index is 0.0504. The fraction of sp³-hybridized carbons (Fsp3) is 0.667. The molecule has 0 unspecified atom stereocenters. The van der Waals surface area contributed by atoms with E-state index >= 15 is 0 Å². The molecule has 0 atom stereocenters. The number of morpholine rings is 1. The van der Waals surface area contributed by atoms with Crippen molar-refractivity contribution in [1.82, 2.24) is 19.6 Å². The monoisotopic (exact) mass is 287 g/mol. The minimum atomic E-state index is 0.0504. The van der Waals surface area contributed by atoms with Gasteiger partial charge in [0.2, 0.25) is 0 Å². The number of fused-ring (bicyclic) bond motifs is 1. The van der Waals surface area contributed by atoms with Crippen LogP contribution in [0.4, 0.5) is 5.82 Å². The Morgan fingerprint density at radius 2 is 2.05 bits per heavy atom. The van der Waals surface area contributed by atoms with Crippen LogP contribution in [0.2, 0.25) is 0 Å². The van der Waals surface area contributed by atoms with Gasteiger partial charge in [-0.25, -0.2) is 4.98 Å². The summed E-state index contributed by atoms with van der Waals surface area (Å²) in [6.45, 7) is 6.80. The zero-order valence-corrected chi connectivity index (χ0v) is 12.7. The Hall–Kier alpha value is -1.69. The number of hydrogen-bond donors (Lipinski definition) is 0. The summed E-state index contributed by atoms with van der Waals surface area (Å²) in [5, 5.41) is 4.37. The minimum Gasteiger partial charge on any atom is -0.371 e. The van der Waals surface area contributed by atoms with Gasteiger partial charge in [0.15, 0.2) is 0 Å². The molecular weight excluding hydrogens is 266 g/mol. The first-order valence-corrected chi connectivity index (χ1v) is 7.74. The molecule has 2 fully saturated rings. The van der Waals surface area contributed by atoms with Crippen molar-refractivity contribution < 1.29 is 4.74 Å². The van der Waals surface area contributed by atoms with Crippen molar-refractivity contribution in [3.63, 3.8) is 0 Å². The first kappa shape index (κ1) is 13.0. The molecule has 1 saturated heterocycles. The number of aryl methyl sites for hydroxylation is 1. The van der Waals surface area contributed by atoms with Crippen LogP contribution >= 0.6 is 0 Å². The summed E-state index contributed by atoms with van der Waals surface area (Å²) >= 11 is 0. The highest BCUT2D eigenvalue weighted by Crippen LogP contribution is 2.37. The fourth-order valence-electron chi connectivity index (χ4n) is 3.73. The van der Waals surface area contributed by atoms with Crippen molar-refractivity contribution in [3.8, 4) is 0 Å². The third-order valence-corrected chi connectivity index (χ3v) is 4.94. The molecule has 2 aromatic rings. The van der Waals surface area contributed by atoms with Gasteiger partial charge in [-0.1, -0.05) is 12.8 Å². The maximum absolute atomic E-state index is 6.14. The summed E-state index contributed by atoms with van der Waals surface area (Å²) in [7, 11) is 0. The second-order valence-electron chi connectivity index (χ2n) is 6.28. The normalized spacial score (nSPS) is 21.5. The van der Waals surface area contributed by atoms with E-state index in [1.165, 1.54) is 31.2 Å². The van der Waals surface area contributed by atoms with Crippen LogP contribution in [0.3, 0.4) is 0 Å². The summed E-state index contributed by atoms with van der Waals surface area (Å²) in [6.07, 6.45) is 6.48. The van der Waals surface area contributed by atoms with E-state index in [4.69, 9.17) is 4.74 Å². The molecule has 1 aliphatic carbocycles. The lowest BCUT2D eigenvalue weighted by molar-refractivity contribution is -0.0504. The summed E-state index contributed by atoms with van der Waals surface area (Å²) in [4.78, 5) is 11.2. The van der Waals surface area contributed by atoms with Gasteiger partial charge < -0.3 is 9.64 Å². The maximum Gasteiger partial charge on any atom is 0.254 e. The van der Waals surface area contributed by atoms with Crippen LogP contribution in [-0.4, -0.2) is 44.9 Å². The average Bonchev–Trinajstić information content (AvgIpc) is 3.10. The van der Waals surface area contributed by atoms with Crippen molar-refractivity contribution in [2.24, 2.45) is 0 Å². The topological polar surface area (TPSA) is 55.5 Å². The van der Waals surface area contributed by atoms with Gasteiger partial charge in [0.1, 0.15) is 12.1 Å². The van der Waals surface area contributed by atoms with Crippen molar-refractivity contribution in [2.75, 3.05) is 24.6 Å². The van der Waals surface area contributed by atoms with E-state index < -0.39 is 0 Å². The second-order valence-corrected chi connectivity index (χ2v) is 6.28. The Morgan fingerprint density at radius 3 is 2.86 bits per heavy atom. The van der Waals surface area contributed by atoms with Crippen molar-refractivity contribution in [3.05, 3.63) is 17.6 Å². The molecule has 6 heteroatoms. The third-order valence-electron chi connectivity index (χ3n) is 4.94. The van der Waals surface area contributed by atoms with Crippen LogP contribution in [0.5, 0.6) is 0 Å². The van der Waals surface area contributed by atoms with E-state index in [-0.39, 0.29) is 5.60 Å². The van der Waals surface area contributed by atoms with Gasteiger partial charge in [0, 0.05) is 24.3 Å². The molecule has 0 aromatic carbocycles. The molecule has 1 spiro atoms. The van der Waals surface area contributed by atoms with E-state index in [0.717, 1.165) is 31.2 Å². The van der Waals surface area contributed by atoms with E-state index in [2.05, 4.69) is 26.9 Å². The van der Waals surface area contributed by atoms with E-state index in [0.29, 0.717) is 5.78 Å². The molecule has 2 aromatic heterocycles. The summed E-state index contributed by atoms with van der Waals surface area (Å²) in [6, 6.07) is 0. The van der Waals surface area contributed by atoms with Gasteiger partial charge in [0.25, 0.3) is 5.78 Å². The number of anilines is 1. The molecule has 21 heavy (non-hydrogen) atoms. The molecular formula is C15H21N5O. The highest BCUT2D eigenvalue weighted by atomic mass is 16.5. The molecule has 0 amide bonds. The van der Waals surface area contributed by atoms with Gasteiger partial charge >= 0.3 is 0 Å². The van der Waals surface area contributed by atoms with Crippen LogP contribution < -0.4 is 4.90 Å². The molecule has 0 N–H and O–H groups in total. The van der Waals surface area contributed by atoms with Crippen molar-refractivity contribution in [2.45, 2.75) is 45.1 Å². The van der Waals surface area contributed by atoms with Crippen LogP contribution in [0, 0.1) is 13.8 Å². The maximum atomic E-state index is 6.14.